The van der Waals surface area contributed by atoms with Crippen molar-refractivity contribution in [2.24, 2.45) is 5.92 Å². The first-order chi connectivity index (χ1) is 8.47. The molecule has 0 radical (unpaired) electrons. The number of hydrogen-bond acceptors (Lipinski definition) is 1. The van der Waals surface area contributed by atoms with Crippen LogP contribution >= 0.6 is 15.9 Å². The fraction of sp³-hybridized carbons (Fsp3) is 0.538. The van der Waals surface area contributed by atoms with Gasteiger partial charge in [0.05, 0.1) is 5.56 Å². The molecule has 0 atom stereocenters. The van der Waals surface area contributed by atoms with E-state index < -0.39 is 11.7 Å². The van der Waals surface area contributed by atoms with Crippen molar-refractivity contribution in [3.8, 4) is 0 Å². The lowest BCUT2D eigenvalue weighted by Crippen LogP contribution is -2.17. The number of alkyl halides is 3. The van der Waals surface area contributed by atoms with E-state index in [0.29, 0.717) is 16.9 Å². The summed E-state index contributed by atoms with van der Waals surface area (Å²) < 4.78 is 39.0. The van der Waals surface area contributed by atoms with Crippen molar-refractivity contribution in [2.75, 3.05) is 11.9 Å². The zero-order valence-electron chi connectivity index (χ0n) is 9.86. The Morgan fingerprint density at radius 2 is 2.00 bits per heavy atom. The van der Waals surface area contributed by atoms with Crippen LogP contribution in [0.5, 0.6) is 0 Å². The van der Waals surface area contributed by atoms with Gasteiger partial charge in [-0.1, -0.05) is 35.2 Å². The molecule has 0 spiro atoms. The van der Waals surface area contributed by atoms with Gasteiger partial charge >= 0.3 is 6.18 Å². The highest BCUT2D eigenvalue weighted by Crippen LogP contribution is 2.36. The van der Waals surface area contributed by atoms with Gasteiger partial charge in [-0.2, -0.15) is 13.2 Å². The largest absolute Gasteiger partial charge is 0.418 e. The van der Waals surface area contributed by atoms with Gasteiger partial charge in [-0.25, -0.2) is 0 Å². The number of hydrogen-bond donors (Lipinski definition) is 1. The van der Waals surface area contributed by atoms with Crippen LogP contribution in [0, 0.1) is 5.92 Å². The fourth-order valence-electron chi connectivity index (χ4n) is 2.10. The summed E-state index contributed by atoms with van der Waals surface area (Å²) in [5.74, 6) is 0.694. The predicted octanol–water partition coefficient (Wildman–Crippen LogP) is 5.07. The first-order valence-corrected chi connectivity index (χ1v) is 6.87. The molecule has 1 aliphatic rings. The van der Waals surface area contributed by atoms with Crippen LogP contribution in [0.1, 0.15) is 31.2 Å². The minimum Gasteiger partial charge on any atom is -0.385 e. The van der Waals surface area contributed by atoms with Crippen molar-refractivity contribution in [1.82, 2.24) is 0 Å². The third-order valence-electron chi connectivity index (χ3n) is 3.38. The Kier molecular flexibility index (Phi) is 4.20. The molecule has 0 amide bonds. The second kappa shape index (κ2) is 5.51. The molecule has 1 aromatic rings. The topological polar surface area (TPSA) is 12.0 Å². The van der Waals surface area contributed by atoms with Crippen LogP contribution < -0.4 is 5.32 Å². The summed E-state index contributed by atoms with van der Waals surface area (Å²) in [7, 11) is 0. The highest BCUT2D eigenvalue weighted by Gasteiger charge is 2.33. The molecule has 100 valence electrons. The van der Waals surface area contributed by atoms with Gasteiger partial charge in [-0.05, 0) is 30.5 Å². The highest BCUT2D eigenvalue weighted by atomic mass is 79.9. The van der Waals surface area contributed by atoms with Gasteiger partial charge in [0.1, 0.15) is 0 Å². The molecule has 1 aliphatic carbocycles. The Balaban J connectivity index is 2.02. The highest BCUT2D eigenvalue weighted by molar-refractivity contribution is 9.10. The van der Waals surface area contributed by atoms with E-state index in [1.807, 2.05) is 0 Å². The Hall–Kier alpha value is -0.710. The maximum Gasteiger partial charge on any atom is 0.418 e. The zero-order valence-corrected chi connectivity index (χ0v) is 11.4. The minimum atomic E-state index is -4.31. The normalized spacial score (nSPS) is 16.4. The second-order valence-corrected chi connectivity index (χ2v) is 5.62. The Morgan fingerprint density at radius 3 is 2.56 bits per heavy atom. The lowest BCUT2D eigenvalue weighted by molar-refractivity contribution is -0.137. The van der Waals surface area contributed by atoms with Crippen molar-refractivity contribution < 1.29 is 13.2 Å². The van der Waals surface area contributed by atoms with Crippen LogP contribution in [0.4, 0.5) is 18.9 Å². The number of halogens is 4. The first-order valence-electron chi connectivity index (χ1n) is 6.07. The molecule has 1 aromatic carbocycles. The van der Waals surface area contributed by atoms with Crippen molar-refractivity contribution in [3.63, 3.8) is 0 Å². The van der Waals surface area contributed by atoms with Gasteiger partial charge in [0, 0.05) is 16.7 Å². The van der Waals surface area contributed by atoms with Crippen LogP contribution in [0.3, 0.4) is 0 Å². The van der Waals surface area contributed by atoms with E-state index in [9.17, 15) is 13.2 Å². The van der Waals surface area contributed by atoms with E-state index in [1.165, 1.54) is 31.4 Å². The molecule has 5 heteroatoms. The molecule has 0 aromatic heterocycles. The van der Waals surface area contributed by atoms with Gasteiger partial charge in [-0.3, -0.25) is 0 Å². The fourth-order valence-corrected chi connectivity index (χ4v) is 2.46. The summed E-state index contributed by atoms with van der Waals surface area (Å²) in [6.07, 6.45) is 0.331. The molecule has 0 bridgehead atoms. The second-order valence-electron chi connectivity index (χ2n) is 4.70. The van der Waals surface area contributed by atoms with Gasteiger partial charge in [0.25, 0.3) is 0 Å². The number of rotatable bonds is 4. The predicted molar refractivity (Wildman–Crippen MR) is 69.6 cm³/mol. The lowest BCUT2D eigenvalue weighted by atomic mass is 9.83. The van der Waals surface area contributed by atoms with Crippen molar-refractivity contribution in [2.45, 2.75) is 31.9 Å². The van der Waals surface area contributed by atoms with Crippen LogP contribution in [0.25, 0.3) is 0 Å². The van der Waals surface area contributed by atoms with Crippen molar-refractivity contribution in [3.05, 3.63) is 28.2 Å². The van der Waals surface area contributed by atoms with Crippen LogP contribution in [-0.4, -0.2) is 6.54 Å². The van der Waals surface area contributed by atoms with Crippen LogP contribution in [-0.2, 0) is 6.18 Å². The van der Waals surface area contributed by atoms with Gasteiger partial charge in [0.2, 0.25) is 0 Å². The van der Waals surface area contributed by atoms with E-state index in [1.54, 1.807) is 0 Å². The monoisotopic (exact) mass is 321 g/mol. The van der Waals surface area contributed by atoms with Crippen LogP contribution in [0.15, 0.2) is 22.7 Å². The quantitative estimate of drug-likeness (QED) is 0.816. The van der Waals surface area contributed by atoms with Gasteiger partial charge < -0.3 is 5.32 Å². The molecule has 0 saturated heterocycles. The molecular formula is C13H15BrF3N. The molecule has 0 heterocycles. The molecule has 1 nitrogen and oxygen atoms in total. The van der Waals surface area contributed by atoms with Crippen molar-refractivity contribution in [1.29, 1.82) is 0 Å². The average molecular weight is 322 g/mol. The molecule has 2 rings (SSSR count). The summed E-state index contributed by atoms with van der Waals surface area (Å²) in [6, 6.07) is 4.01. The van der Waals surface area contributed by atoms with E-state index in [0.717, 1.165) is 12.5 Å². The van der Waals surface area contributed by atoms with Gasteiger partial charge in [-0.15, -0.1) is 0 Å². The third-order valence-corrected chi connectivity index (χ3v) is 3.87. The standard InChI is InChI=1S/C13H15BrF3N/c14-10-4-5-11(13(15,16)17)12(8-10)18-7-6-9-2-1-3-9/h4-5,8-9,18H,1-3,6-7H2. The number of benzene rings is 1. The summed E-state index contributed by atoms with van der Waals surface area (Å²) >= 11 is 3.20. The maximum absolute atomic E-state index is 12.8. The van der Waals surface area contributed by atoms with E-state index in [-0.39, 0.29) is 5.69 Å². The summed E-state index contributed by atoms with van der Waals surface area (Å²) in [6.45, 7) is 0.601. The Labute approximate surface area is 113 Å². The Morgan fingerprint density at radius 1 is 1.28 bits per heavy atom. The molecule has 0 unspecified atom stereocenters. The zero-order chi connectivity index (χ0) is 13.2. The SMILES string of the molecule is FC(F)(F)c1ccc(Br)cc1NCCC1CCC1. The molecule has 0 aliphatic heterocycles. The smallest absolute Gasteiger partial charge is 0.385 e. The Bertz CT molecular complexity index is 413. The summed E-state index contributed by atoms with van der Waals surface area (Å²) in [4.78, 5) is 0. The minimum absolute atomic E-state index is 0.163. The molecule has 1 fully saturated rings. The molecule has 1 saturated carbocycles. The first kappa shape index (κ1) is 13.7. The molecule has 1 N–H and O–H groups in total. The lowest BCUT2D eigenvalue weighted by Gasteiger charge is -2.25. The number of nitrogens with one attached hydrogen (secondary N) is 1. The van der Waals surface area contributed by atoms with E-state index in [2.05, 4.69) is 21.2 Å². The number of anilines is 1. The maximum atomic E-state index is 12.8. The van der Waals surface area contributed by atoms with E-state index in [4.69, 9.17) is 0 Å². The molecular weight excluding hydrogens is 307 g/mol. The summed E-state index contributed by atoms with van der Waals surface area (Å²) in [5, 5.41) is 2.91. The summed E-state index contributed by atoms with van der Waals surface area (Å²) in [5.41, 5.74) is -0.435. The van der Waals surface area contributed by atoms with Crippen LogP contribution in [0.2, 0.25) is 0 Å². The average Bonchev–Trinajstić information content (AvgIpc) is 2.20. The van der Waals surface area contributed by atoms with Crippen molar-refractivity contribution >= 4 is 21.6 Å². The third kappa shape index (κ3) is 3.40. The van der Waals surface area contributed by atoms with E-state index >= 15 is 0 Å². The van der Waals surface area contributed by atoms with Gasteiger partial charge in [0.15, 0.2) is 0 Å². The molecule has 18 heavy (non-hydrogen) atoms.